The fourth-order valence-electron chi connectivity index (χ4n) is 11.1. The monoisotopic (exact) mass is 1380 g/mol. The minimum Gasteiger partial charge on any atom is -0.508 e. The number of carboxylic acids is 2. The standard InChI is InChI=1S/C65H93N11O20S/c1-34(2)23-35(3)51(81)28-40(25-37-9-14-42(78)15-10-37)61(93)72-44(7-5-21-70-65(68)69)52(82)24-36(4)60(92)73-45(30-55(66)85)50(80)18-19-56(86)71-46(31-58(89)90)53(83)27-39(13-20-57(87)88)64(96)76-22-6-8-49(76)63(95)75-48(33-97)54(84)29-41(26-38-11-16-43(79)17-12-38)62(94)74-47(32-77)59(67)91/h9-12,14-17,34-36,39-41,44-49,77-79,97H,5-8,13,18-33H2,1-4H3,(H2,66,85)(H2,67,91)(H,71,86)(H,72,93)(H,73,92)(H,74,94)(H,75,95)(H,87,88)(H,89,90)(H4,68,69,70)/p+1/t35-,36+,39+,40+,41+,44-,45-,46-,47-,48-,49-/m0/s1. The average Bonchev–Trinajstić information content (AvgIpc) is 1.84. The Morgan fingerprint density at radius 1 is 0.557 bits per heavy atom. The molecule has 3 rings (SSSR count). The number of guanidine groups is 1. The van der Waals surface area contributed by atoms with Crippen molar-refractivity contribution >= 4 is 107 Å². The molecule has 2 aromatic carbocycles. The molecular weight excluding hydrogens is 1290 g/mol. The quantitative estimate of drug-likeness (QED) is 0.0140. The van der Waals surface area contributed by atoms with Gasteiger partial charge in [0.15, 0.2) is 23.1 Å². The number of aliphatic carboxylic acids is 2. The number of Topliss-reactive ketones (excluding diaryl/α,β-unsaturated/α-hetero) is 5. The van der Waals surface area contributed by atoms with Crippen molar-refractivity contribution in [2.75, 3.05) is 25.4 Å². The van der Waals surface area contributed by atoms with Crippen molar-refractivity contribution in [3.05, 3.63) is 59.7 Å². The van der Waals surface area contributed by atoms with E-state index in [1.807, 2.05) is 13.8 Å². The van der Waals surface area contributed by atoms with Crippen LogP contribution in [0.3, 0.4) is 0 Å². The Morgan fingerprint density at radius 2 is 1.07 bits per heavy atom. The Morgan fingerprint density at radius 3 is 1.58 bits per heavy atom. The van der Waals surface area contributed by atoms with Gasteiger partial charge in [-0.2, -0.15) is 12.6 Å². The molecule has 1 heterocycles. The fourth-order valence-corrected chi connectivity index (χ4v) is 11.4. The molecule has 31 nitrogen and oxygen atoms in total. The summed E-state index contributed by atoms with van der Waals surface area (Å²) in [5.74, 6) is -19.5. The first-order valence-corrected chi connectivity index (χ1v) is 32.6. The summed E-state index contributed by atoms with van der Waals surface area (Å²) < 4.78 is 0. The Labute approximate surface area is 566 Å². The second kappa shape index (κ2) is 40.9. The summed E-state index contributed by atoms with van der Waals surface area (Å²) in [5.41, 5.74) is 22.9. The van der Waals surface area contributed by atoms with Crippen LogP contribution in [0, 0.1) is 35.5 Å². The number of aliphatic hydroxyl groups is 1. The van der Waals surface area contributed by atoms with Crippen molar-refractivity contribution < 1.29 is 102 Å². The van der Waals surface area contributed by atoms with Crippen LogP contribution in [-0.2, 0) is 84.8 Å². The van der Waals surface area contributed by atoms with Gasteiger partial charge >= 0.3 is 17.9 Å². The molecule has 1 saturated heterocycles. The van der Waals surface area contributed by atoms with Crippen LogP contribution in [0.2, 0.25) is 0 Å². The minimum absolute atomic E-state index is 0.0108. The highest BCUT2D eigenvalue weighted by molar-refractivity contribution is 7.80. The van der Waals surface area contributed by atoms with Crippen molar-refractivity contribution in [3.8, 4) is 11.5 Å². The number of carbonyl (C=O) groups excluding carboxylic acids is 13. The number of nitrogens with zero attached hydrogens (tertiary/aromatic N) is 1. The number of thiol groups is 1. The van der Waals surface area contributed by atoms with Gasteiger partial charge in [-0.25, -0.2) is 0 Å². The SMILES string of the molecule is CC(C)C[C@H](C)C(=O)C[C@@H](Cc1ccc(O)cc1)C(=O)N[C@@H](CCC[NH+]=C(N)N)C(=O)C[C@@H](C)C(=O)N[C@@H](CC(N)=O)C(=O)CCC(=O)N[C@@H](CC(=O)O)C(=O)C[C@@H](CCC(=O)O)C(=O)N1CCC[C@H]1C(=O)N[C@@H](CS)C(=O)C[C@@H](Cc1ccc(O)cc1)C(=O)N[C@@H](CO)C(N)=O. The smallest absolute Gasteiger partial charge is 0.338 e. The number of rotatable bonds is 46. The molecule has 0 saturated carbocycles. The van der Waals surface area contributed by atoms with E-state index in [1.54, 1.807) is 19.1 Å². The van der Waals surface area contributed by atoms with E-state index in [-0.39, 0.29) is 98.9 Å². The number of aromatic hydroxyl groups is 2. The van der Waals surface area contributed by atoms with E-state index in [4.69, 9.17) is 22.9 Å². The van der Waals surface area contributed by atoms with Gasteiger partial charge in [-0.3, -0.25) is 88.4 Å². The van der Waals surface area contributed by atoms with Crippen molar-refractivity contribution in [2.24, 2.45) is 58.4 Å². The van der Waals surface area contributed by atoms with Gasteiger partial charge in [-0.15, -0.1) is 0 Å². The number of amides is 8. The van der Waals surface area contributed by atoms with Gasteiger partial charge in [0.05, 0.1) is 50.2 Å². The number of primary amides is 2. The van der Waals surface area contributed by atoms with E-state index in [0.717, 1.165) is 4.90 Å². The highest BCUT2D eigenvalue weighted by atomic mass is 32.1. The van der Waals surface area contributed by atoms with Crippen molar-refractivity contribution in [2.45, 2.75) is 173 Å². The lowest BCUT2D eigenvalue weighted by Gasteiger charge is -2.30. The van der Waals surface area contributed by atoms with Crippen LogP contribution in [-0.4, -0.2) is 186 Å². The Kier molecular flexibility index (Phi) is 34.6. The van der Waals surface area contributed by atoms with Crippen molar-refractivity contribution in [1.82, 2.24) is 31.5 Å². The van der Waals surface area contributed by atoms with E-state index in [1.165, 1.54) is 43.3 Å². The molecule has 534 valence electrons. The molecule has 97 heavy (non-hydrogen) atoms. The van der Waals surface area contributed by atoms with Crippen LogP contribution in [0.25, 0.3) is 0 Å². The van der Waals surface area contributed by atoms with Gasteiger partial charge < -0.3 is 68.5 Å². The molecule has 0 unspecified atom stereocenters. The molecule has 0 aliphatic carbocycles. The van der Waals surface area contributed by atoms with Crippen LogP contribution in [0.4, 0.5) is 0 Å². The summed E-state index contributed by atoms with van der Waals surface area (Å²) in [6.45, 7) is 6.25. The van der Waals surface area contributed by atoms with Crippen LogP contribution in [0.15, 0.2) is 48.5 Å². The second-order valence-corrected chi connectivity index (χ2v) is 25.3. The highest BCUT2D eigenvalue weighted by Crippen LogP contribution is 2.27. The molecule has 1 aliphatic rings. The summed E-state index contributed by atoms with van der Waals surface area (Å²) in [7, 11) is 0. The van der Waals surface area contributed by atoms with E-state index >= 15 is 0 Å². The first kappa shape index (κ1) is 81.9. The molecule has 11 atom stereocenters. The Hall–Kier alpha value is -9.33. The van der Waals surface area contributed by atoms with Crippen LogP contribution >= 0.6 is 12.6 Å². The molecule has 0 radical (unpaired) electrons. The maximum absolute atomic E-state index is 14.4. The number of hydrogen-bond acceptors (Lipinski definition) is 19. The molecule has 1 fully saturated rings. The predicted molar refractivity (Wildman–Crippen MR) is 351 cm³/mol. The molecule has 1 aliphatic heterocycles. The van der Waals surface area contributed by atoms with E-state index in [2.05, 4.69) is 44.2 Å². The van der Waals surface area contributed by atoms with Crippen molar-refractivity contribution in [1.29, 1.82) is 0 Å². The molecule has 2 aromatic rings. The maximum atomic E-state index is 14.4. The molecule has 19 N–H and O–H groups in total. The number of likely N-dealkylation sites (tertiary alicyclic amines) is 1. The number of carboxylic acid groups (broad SMARTS) is 2. The molecule has 8 amide bonds. The molecule has 0 bridgehead atoms. The largest absolute Gasteiger partial charge is 0.508 e. The first-order valence-electron chi connectivity index (χ1n) is 32.0. The topological polar surface area (TPSA) is 539 Å². The van der Waals surface area contributed by atoms with Gasteiger partial charge in [-0.1, -0.05) is 52.0 Å². The summed E-state index contributed by atoms with van der Waals surface area (Å²) in [5, 5.41) is 61.0. The number of benzene rings is 2. The summed E-state index contributed by atoms with van der Waals surface area (Å²) in [4.78, 5) is 204. The normalized spacial score (nSPS) is 15.8. The van der Waals surface area contributed by atoms with Gasteiger partial charge in [-0.05, 0) is 92.7 Å². The Bertz CT molecular complexity index is 3160. The fraction of sp³-hybridized carbons (Fsp3) is 0.569. The Balaban J connectivity index is 1.76. The number of ketones is 5. The third kappa shape index (κ3) is 29.3. The minimum atomic E-state index is -1.88. The lowest BCUT2D eigenvalue weighted by Crippen LogP contribution is -2.78. The zero-order valence-corrected chi connectivity index (χ0v) is 55.9. The zero-order chi connectivity index (χ0) is 72.8. The molecule has 32 heteroatoms. The summed E-state index contributed by atoms with van der Waals surface area (Å²) in [6.07, 6.45) is -5.67. The van der Waals surface area contributed by atoms with Crippen LogP contribution in [0.1, 0.15) is 135 Å². The number of nitrogens with two attached hydrogens (primary N) is 4. The summed E-state index contributed by atoms with van der Waals surface area (Å²) in [6, 6.07) is 2.74. The third-order valence-corrected chi connectivity index (χ3v) is 16.8. The van der Waals surface area contributed by atoms with E-state index in [9.17, 15) is 97.5 Å². The first-order chi connectivity index (χ1) is 45.6. The predicted octanol–water partition coefficient (Wildman–Crippen LogP) is -2.59. The second-order valence-electron chi connectivity index (χ2n) is 25.0. The van der Waals surface area contributed by atoms with Crippen LogP contribution < -0.4 is 54.5 Å². The van der Waals surface area contributed by atoms with Gasteiger partial charge in [0.1, 0.15) is 29.4 Å². The van der Waals surface area contributed by atoms with Gasteiger partial charge in [0.2, 0.25) is 47.3 Å². The average molecular weight is 1380 g/mol. The molecular formula is C65H94N11O20S+. The van der Waals surface area contributed by atoms with Gasteiger partial charge in [0.25, 0.3) is 0 Å². The number of phenols is 2. The maximum Gasteiger partial charge on any atom is 0.338 e. The number of aliphatic hydroxyl groups excluding tert-OH is 1. The van der Waals surface area contributed by atoms with E-state index < -0.39 is 207 Å². The van der Waals surface area contributed by atoms with Crippen LogP contribution in [0.5, 0.6) is 11.5 Å². The number of nitrogens with one attached hydrogen (secondary N) is 6. The third-order valence-electron chi connectivity index (χ3n) is 16.4. The zero-order valence-electron chi connectivity index (χ0n) is 55.0. The summed E-state index contributed by atoms with van der Waals surface area (Å²) >= 11 is 4.24. The molecule has 0 spiro atoms. The molecule has 0 aromatic heterocycles. The number of hydrogen-bond donors (Lipinski definition) is 16. The van der Waals surface area contributed by atoms with Crippen molar-refractivity contribution in [3.63, 3.8) is 0 Å². The van der Waals surface area contributed by atoms with E-state index in [0.29, 0.717) is 17.5 Å². The number of phenolic OH excluding ortho intramolecular Hbond substituents is 2. The lowest BCUT2D eigenvalue weighted by atomic mass is 9.86. The van der Waals surface area contributed by atoms with Gasteiger partial charge in [0, 0.05) is 86.8 Å². The highest BCUT2D eigenvalue weighted by Gasteiger charge is 2.41. The number of carbonyl (C=O) groups is 15. The lowest BCUT2D eigenvalue weighted by molar-refractivity contribution is -0.459.